The van der Waals surface area contributed by atoms with Gasteiger partial charge in [-0.1, -0.05) is 156 Å². The molecule has 0 N–H and O–H groups in total. The maximum Gasteiger partial charge on any atom is 0.256 e. The first kappa shape index (κ1) is 34.2. The quantitative estimate of drug-likeness (QED) is 0.0737. The smallest absolute Gasteiger partial charge is 0.234 e. The van der Waals surface area contributed by atoms with Gasteiger partial charge in [0.25, 0.3) is 5.82 Å². The Morgan fingerprint density at radius 1 is 0.459 bits per heavy atom. The lowest BCUT2D eigenvalue weighted by Gasteiger charge is -2.07. The lowest BCUT2D eigenvalue weighted by molar-refractivity contribution is -0.704. The molecule has 0 atom stereocenters. The first-order chi connectivity index (χ1) is 18.3. The van der Waals surface area contributed by atoms with E-state index in [1.165, 1.54) is 186 Å². The maximum atomic E-state index is 2.61. The predicted octanol–water partition coefficient (Wildman–Crippen LogP) is 11.5. The zero-order valence-electron chi connectivity index (χ0n) is 26.1. The zero-order chi connectivity index (χ0) is 26.7. The van der Waals surface area contributed by atoms with E-state index < -0.39 is 0 Å². The van der Waals surface area contributed by atoms with Crippen molar-refractivity contribution in [2.24, 2.45) is 0 Å². The van der Waals surface area contributed by atoms with Gasteiger partial charge < -0.3 is 0 Å². The summed E-state index contributed by atoms with van der Waals surface area (Å²) in [5, 5.41) is 0. The molecular formula is C35H69N2+. The molecule has 0 radical (unpaired) electrons. The first-order valence-electron chi connectivity index (χ1n) is 17.4. The van der Waals surface area contributed by atoms with Crippen LogP contribution in [0.15, 0.2) is 12.4 Å². The van der Waals surface area contributed by atoms with Gasteiger partial charge in [0.05, 0.1) is 13.1 Å². The third-order valence-electron chi connectivity index (χ3n) is 8.35. The van der Waals surface area contributed by atoms with Gasteiger partial charge in [0.1, 0.15) is 12.4 Å². The molecule has 0 fully saturated rings. The van der Waals surface area contributed by atoms with E-state index in [1.54, 1.807) is 5.82 Å². The van der Waals surface area contributed by atoms with Gasteiger partial charge in [0.15, 0.2) is 0 Å². The van der Waals surface area contributed by atoms with Crippen LogP contribution in [-0.4, -0.2) is 4.57 Å². The zero-order valence-corrected chi connectivity index (χ0v) is 26.1. The van der Waals surface area contributed by atoms with Crippen LogP contribution in [0.2, 0.25) is 0 Å². The Hall–Kier alpha value is -0.790. The number of hydrogen-bond acceptors (Lipinski definition) is 0. The molecule has 1 aromatic rings. The molecule has 0 aliphatic heterocycles. The van der Waals surface area contributed by atoms with Crippen LogP contribution in [0, 0.1) is 0 Å². The molecule has 0 saturated carbocycles. The van der Waals surface area contributed by atoms with Crippen molar-refractivity contribution in [3.63, 3.8) is 0 Å². The molecule has 0 aromatic carbocycles. The molecule has 1 rings (SSSR count). The normalized spacial score (nSPS) is 11.5. The average Bonchev–Trinajstić information content (AvgIpc) is 3.29. The molecule has 0 unspecified atom stereocenters. The Bertz CT molecular complexity index is 576. The summed E-state index contributed by atoms with van der Waals surface area (Å²) in [5.74, 6) is 1.61. The number of imidazole rings is 1. The highest BCUT2D eigenvalue weighted by Gasteiger charge is 2.16. The largest absolute Gasteiger partial charge is 0.256 e. The second-order valence-corrected chi connectivity index (χ2v) is 12.0. The van der Waals surface area contributed by atoms with Crippen molar-refractivity contribution in [2.45, 2.75) is 207 Å². The third-order valence-corrected chi connectivity index (χ3v) is 8.35. The predicted molar refractivity (Wildman–Crippen MR) is 165 cm³/mol. The summed E-state index contributed by atoms with van der Waals surface area (Å²) in [6.45, 7) is 9.37. The number of aryl methyl sites for hydroxylation is 2. The lowest BCUT2D eigenvalue weighted by atomic mass is 10.0. The minimum atomic E-state index is 1.21. The van der Waals surface area contributed by atoms with E-state index >= 15 is 0 Å². The summed E-state index contributed by atoms with van der Waals surface area (Å²) in [6, 6.07) is 0. The van der Waals surface area contributed by atoms with Crippen LogP contribution >= 0.6 is 0 Å². The van der Waals surface area contributed by atoms with Gasteiger partial charge in [-0.15, -0.1) is 0 Å². The highest BCUT2D eigenvalue weighted by atomic mass is 15.1. The lowest BCUT2D eigenvalue weighted by Crippen LogP contribution is -2.37. The molecule has 37 heavy (non-hydrogen) atoms. The van der Waals surface area contributed by atoms with E-state index in [0.29, 0.717) is 0 Å². The Morgan fingerprint density at radius 3 is 1.30 bits per heavy atom. The summed E-state index contributed by atoms with van der Waals surface area (Å²) in [4.78, 5) is 0. The molecule has 0 saturated heterocycles. The molecule has 0 amide bonds. The number of rotatable bonds is 29. The van der Waals surface area contributed by atoms with Gasteiger partial charge in [0.2, 0.25) is 0 Å². The molecular weight excluding hydrogens is 448 g/mol. The van der Waals surface area contributed by atoms with Crippen LogP contribution in [0.1, 0.15) is 194 Å². The minimum absolute atomic E-state index is 1.21. The molecule has 1 aromatic heterocycles. The topological polar surface area (TPSA) is 8.81 Å². The number of hydrogen-bond donors (Lipinski definition) is 0. The van der Waals surface area contributed by atoms with Gasteiger partial charge in [-0.3, -0.25) is 0 Å². The van der Waals surface area contributed by atoms with Gasteiger partial charge in [0, 0.05) is 6.42 Å². The van der Waals surface area contributed by atoms with E-state index in [1.807, 2.05) is 0 Å². The van der Waals surface area contributed by atoms with Crippen LogP contribution in [0.5, 0.6) is 0 Å². The van der Waals surface area contributed by atoms with Crippen molar-refractivity contribution < 1.29 is 4.57 Å². The number of nitrogens with zero attached hydrogens (tertiary/aromatic N) is 2. The summed E-state index contributed by atoms with van der Waals surface area (Å²) in [5.41, 5.74) is 0. The summed E-state index contributed by atoms with van der Waals surface area (Å²) in [7, 11) is 0. The van der Waals surface area contributed by atoms with Crippen molar-refractivity contribution in [2.75, 3.05) is 0 Å². The van der Waals surface area contributed by atoms with Crippen molar-refractivity contribution in [3.8, 4) is 0 Å². The molecule has 218 valence electrons. The van der Waals surface area contributed by atoms with Crippen LogP contribution in [0.25, 0.3) is 0 Å². The molecule has 2 heteroatoms. The summed E-state index contributed by atoms with van der Waals surface area (Å²) in [6.07, 6.45) is 43.0. The second kappa shape index (κ2) is 26.8. The Kier molecular flexibility index (Phi) is 24.8. The standard InChI is InChI=1S/C35H69N2/c1-4-7-10-12-14-16-17-18-19-20-21-23-25-27-30-35-36(31-28-9-6-3)33-34-37(35)32-29-26-24-22-15-13-11-8-5-2/h33-34H,4-32H2,1-3H3/q+1. The van der Waals surface area contributed by atoms with E-state index in [4.69, 9.17) is 0 Å². The second-order valence-electron chi connectivity index (χ2n) is 12.0. The number of unbranched alkanes of at least 4 members (excludes halogenated alkanes) is 23. The molecule has 0 spiro atoms. The van der Waals surface area contributed by atoms with Crippen LogP contribution in [0.3, 0.4) is 0 Å². The fourth-order valence-electron chi connectivity index (χ4n) is 5.80. The van der Waals surface area contributed by atoms with Crippen LogP contribution in [-0.2, 0) is 19.5 Å². The molecule has 0 bridgehead atoms. The van der Waals surface area contributed by atoms with Gasteiger partial charge in [-0.05, 0) is 32.1 Å². The van der Waals surface area contributed by atoms with Gasteiger partial charge in [-0.2, -0.15) is 0 Å². The van der Waals surface area contributed by atoms with Crippen molar-refractivity contribution in [1.82, 2.24) is 4.57 Å². The van der Waals surface area contributed by atoms with E-state index in [9.17, 15) is 0 Å². The minimum Gasteiger partial charge on any atom is -0.234 e. The Balaban J connectivity index is 2.18. The molecule has 0 aliphatic rings. The molecule has 1 heterocycles. The summed E-state index contributed by atoms with van der Waals surface area (Å²) < 4.78 is 5.20. The monoisotopic (exact) mass is 518 g/mol. The summed E-state index contributed by atoms with van der Waals surface area (Å²) >= 11 is 0. The highest BCUT2D eigenvalue weighted by Crippen LogP contribution is 2.15. The van der Waals surface area contributed by atoms with E-state index in [-0.39, 0.29) is 0 Å². The van der Waals surface area contributed by atoms with Gasteiger partial charge >= 0.3 is 0 Å². The van der Waals surface area contributed by atoms with E-state index in [0.717, 1.165) is 0 Å². The Labute approximate surface area is 234 Å². The molecule has 2 nitrogen and oxygen atoms in total. The third kappa shape index (κ3) is 19.9. The van der Waals surface area contributed by atoms with Crippen LogP contribution in [0.4, 0.5) is 0 Å². The SMILES string of the molecule is CCCCCCCCCCCCCCCCc1n(CCCCCCCCCCC)cc[n+]1CCCCC. The average molecular weight is 518 g/mol. The van der Waals surface area contributed by atoms with Gasteiger partial charge in [-0.25, -0.2) is 9.13 Å². The Morgan fingerprint density at radius 2 is 0.838 bits per heavy atom. The van der Waals surface area contributed by atoms with Crippen molar-refractivity contribution in [3.05, 3.63) is 18.2 Å². The first-order valence-corrected chi connectivity index (χ1v) is 17.4. The van der Waals surface area contributed by atoms with Crippen molar-refractivity contribution in [1.29, 1.82) is 0 Å². The maximum absolute atomic E-state index is 2.61. The fourth-order valence-corrected chi connectivity index (χ4v) is 5.80. The molecule has 0 aliphatic carbocycles. The van der Waals surface area contributed by atoms with Crippen molar-refractivity contribution >= 4 is 0 Å². The number of aromatic nitrogens is 2. The highest BCUT2D eigenvalue weighted by molar-refractivity contribution is 4.84. The fraction of sp³-hybridized carbons (Fsp3) is 0.914. The van der Waals surface area contributed by atoms with Crippen LogP contribution < -0.4 is 4.57 Å². The van der Waals surface area contributed by atoms with E-state index in [2.05, 4.69) is 42.3 Å².